The first-order chi connectivity index (χ1) is 8.72. The highest BCUT2D eigenvalue weighted by atomic mass is 16.5. The van der Waals surface area contributed by atoms with Gasteiger partial charge in [-0.15, -0.1) is 0 Å². The van der Waals surface area contributed by atoms with Gasteiger partial charge in [-0.25, -0.2) is 0 Å². The Kier molecular flexibility index (Phi) is 3.97. The molecule has 0 saturated heterocycles. The van der Waals surface area contributed by atoms with Crippen LogP contribution in [0.3, 0.4) is 0 Å². The molecule has 1 fully saturated rings. The number of ketones is 1. The molecular formula is C14H19NO3. The van der Waals surface area contributed by atoms with Crippen LogP contribution < -0.4 is 4.74 Å². The van der Waals surface area contributed by atoms with Gasteiger partial charge in [0.25, 0.3) is 0 Å². The van der Waals surface area contributed by atoms with Gasteiger partial charge in [-0.1, -0.05) is 6.92 Å². The van der Waals surface area contributed by atoms with E-state index in [0.717, 1.165) is 25.7 Å². The SMILES string of the molecule is CCCOc1cncc(C(=O)C2(OC)CCC2)c1. The van der Waals surface area contributed by atoms with Crippen LogP contribution in [0.4, 0.5) is 0 Å². The van der Waals surface area contributed by atoms with Gasteiger partial charge >= 0.3 is 0 Å². The zero-order chi connectivity index (χ0) is 13.0. The van der Waals surface area contributed by atoms with Crippen LogP contribution in [0.2, 0.25) is 0 Å². The second kappa shape index (κ2) is 5.48. The molecule has 0 N–H and O–H groups in total. The molecule has 1 aliphatic rings. The Hall–Kier alpha value is -1.42. The normalized spacial score (nSPS) is 17.0. The molecule has 1 aliphatic carbocycles. The lowest BCUT2D eigenvalue weighted by Crippen LogP contribution is -2.47. The van der Waals surface area contributed by atoms with Crippen molar-refractivity contribution in [3.63, 3.8) is 0 Å². The fourth-order valence-electron chi connectivity index (χ4n) is 2.13. The van der Waals surface area contributed by atoms with E-state index in [0.29, 0.717) is 17.9 Å². The van der Waals surface area contributed by atoms with Crippen LogP contribution in [-0.2, 0) is 4.74 Å². The molecule has 1 saturated carbocycles. The minimum Gasteiger partial charge on any atom is -0.492 e. The summed E-state index contributed by atoms with van der Waals surface area (Å²) in [7, 11) is 1.60. The fourth-order valence-corrected chi connectivity index (χ4v) is 2.13. The Morgan fingerprint density at radius 3 is 2.78 bits per heavy atom. The van der Waals surface area contributed by atoms with E-state index in [2.05, 4.69) is 4.98 Å². The molecule has 4 heteroatoms. The second-order valence-electron chi connectivity index (χ2n) is 4.64. The molecule has 0 bridgehead atoms. The number of hydrogen-bond donors (Lipinski definition) is 0. The summed E-state index contributed by atoms with van der Waals surface area (Å²) in [6.45, 7) is 2.67. The Morgan fingerprint density at radius 2 is 2.22 bits per heavy atom. The Balaban J connectivity index is 2.15. The first kappa shape index (κ1) is 13.0. The quantitative estimate of drug-likeness (QED) is 0.727. The molecule has 18 heavy (non-hydrogen) atoms. The van der Waals surface area contributed by atoms with Gasteiger partial charge in [0.15, 0.2) is 5.78 Å². The Morgan fingerprint density at radius 1 is 1.44 bits per heavy atom. The van der Waals surface area contributed by atoms with Crippen LogP contribution in [0.15, 0.2) is 18.5 Å². The van der Waals surface area contributed by atoms with Crippen molar-refractivity contribution in [3.05, 3.63) is 24.0 Å². The average molecular weight is 249 g/mol. The number of Topliss-reactive ketones (excluding diaryl/α,β-unsaturated/α-hetero) is 1. The van der Waals surface area contributed by atoms with Gasteiger partial charge in [-0.05, 0) is 31.7 Å². The van der Waals surface area contributed by atoms with Crippen molar-refractivity contribution in [1.29, 1.82) is 0 Å². The van der Waals surface area contributed by atoms with Crippen molar-refractivity contribution in [2.45, 2.75) is 38.2 Å². The minimum atomic E-state index is -0.620. The summed E-state index contributed by atoms with van der Waals surface area (Å²) >= 11 is 0. The summed E-state index contributed by atoms with van der Waals surface area (Å²) in [5, 5.41) is 0. The van der Waals surface area contributed by atoms with Gasteiger partial charge in [0.1, 0.15) is 11.4 Å². The molecular weight excluding hydrogens is 230 g/mol. The number of methoxy groups -OCH3 is 1. The van der Waals surface area contributed by atoms with E-state index < -0.39 is 5.60 Å². The maximum atomic E-state index is 12.4. The van der Waals surface area contributed by atoms with Crippen molar-refractivity contribution >= 4 is 5.78 Å². The van der Waals surface area contributed by atoms with E-state index in [-0.39, 0.29) is 5.78 Å². The lowest BCUT2D eigenvalue weighted by atomic mass is 9.75. The lowest BCUT2D eigenvalue weighted by Gasteiger charge is -2.38. The number of rotatable bonds is 6. The third-order valence-electron chi connectivity index (χ3n) is 3.41. The zero-order valence-electron chi connectivity index (χ0n) is 10.9. The van der Waals surface area contributed by atoms with Gasteiger partial charge < -0.3 is 9.47 Å². The van der Waals surface area contributed by atoms with Gasteiger partial charge in [-0.2, -0.15) is 0 Å². The van der Waals surface area contributed by atoms with Crippen LogP contribution >= 0.6 is 0 Å². The topological polar surface area (TPSA) is 48.4 Å². The number of ether oxygens (including phenoxy) is 2. The molecule has 1 aromatic heterocycles. The molecule has 4 nitrogen and oxygen atoms in total. The van der Waals surface area contributed by atoms with Crippen molar-refractivity contribution < 1.29 is 14.3 Å². The fraction of sp³-hybridized carbons (Fsp3) is 0.571. The van der Waals surface area contributed by atoms with Crippen molar-refractivity contribution in [3.8, 4) is 5.75 Å². The molecule has 0 aromatic carbocycles. The summed E-state index contributed by atoms with van der Waals surface area (Å²) in [4.78, 5) is 16.4. The molecule has 0 spiro atoms. The third kappa shape index (κ3) is 2.38. The van der Waals surface area contributed by atoms with E-state index in [9.17, 15) is 4.79 Å². The molecule has 0 aliphatic heterocycles. The summed E-state index contributed by atoms with van der Waals surface area (Å²) < 4.78 is 10.9. The number of pyridine rings is 1. The number of carbonyl (C=O) groups excluding carboxylic acids is 1. The summed E-state index contributed by atoms with van der Waals surface area (Å²) in [5.41, 5.74) is -0.0458. The second-order valence-corrected chi connectivity index (χ2v) is 4.64. The van der Waals surface area contributed by atoms with Crippen LogP contribution in [0.25, 0.3) is 0 Å². The highest BCUT2D eigenvalue weighted by Crippen LogP contribution is 2.38. The van der Waals surface area contributed by atoms with Crippen LogP contribution in [0.1, 0.15) is 43.0 Å². The van der Waals surface area contributed by atoms with Crippen molar-refractivity contribution in [2.75, 3.05) is 13.7 Å². The first-order valence-electron chi connectivity index (χ1n) is 6.39. The van der Waals surface area contributed by atoms with E-state index in [1.165, 1.54) is 0 Å². The van der Waals surface area contributed by atoms with Crippen molar-refractivity contribution in [1.82, 2.24) is 4.98 Å². The van der Waals surface area contributed by atoms with Crippen LogP contribution in [0, 0.1) is 0 Å². The zero-order valence-corrected chi connectivity index (χ0v) is 10.9. The van der Waals surface area contributed by atoms with Gasteiger partial charge in [0.2, 0.25) is 0 Å². The minimum absolute atomic E-state index is 0.0192. The van der Waals surface area contributed by atoms with Crippen LogP contribution in [-0.4, -0.2) is 30.1 Å². The summed E-state index contributed by atoms with van der Waals surface area (Å²) in [5.74, 6) is 0.666. The maximum Gasteiger partial charge on any atom is 0.196 e. The monoisotopic (exact) mass is 249 g/mol. The summed E-state index contributed by atoms with van der Waals surface area (Å²) in [6, 6.07) is 1.75. The Labute approximate surface area is 107 Å². The number of carbonyl (C=O) groups is 1. The molecule has 98 valence electrons. The van der Waals surface area contributed by atoms with Gasteiger partial charge in [-0.3, -0.25) is 9.78 Å². The summed E-state index contributed by atoms with van der Waals surface area (Å²) in [6.07, 6.45) is 6.77. The number of aromatic nitrogens is 1. The Bertz CT molecular complexity index is 421. The lowest BCUT2D eigenvalue weighted by molar-refractivity contribution is -0.0448. The molecule has 0 radical (unpaired) electrons. The predicted octanol–water partition coefficient (Wildman–Crippen LogP) is 2.62. The standard InChI is InChI=1S/C14H19NO3/c1-3-7-18-12-8-11(9-15-10-12)13(16)14(17-2)5-4-6-14/h8-10H,3-7H2,1-2H3. The highest BCUT2D eigenvalue weighted by molar-refractivity contribution is 6.03. The van der Waals surface area contributed by atoms with Crippen molar-refractivity contribution in [2.24, 2.45) is 0 Å². The van der Waals surface area contributed by atoms with E-state index >= 15 is 0 Å². The molecule has 0 unspecified atom stereocenters. The van der Waals surface area contributed by atoms with E-state index in [4.69, 9.17) is 9.47 Å². The van der Waals surface area contributed by atoms with Gasteiger partial charge in [0, 0.05) is 18.9 Å². The number of hydrogen-bond acceptors (Lipinski definition) is 4. The molecule has 0 atom stereocenters. The first-order valence-corrected chi connectivity index (χ1v) is 6.39. The molecule has 1 aromatic rings. The molecule has 1 heterocycles. The molecule has 2 rings (SSSR count). The average Bonchev–Trinajstić information content (AvgIpc) is 2.36. The maximum absolute atomic E-state index is 12.4. The van der Waals surface area contributed by atoms with Gasteiger partial charge in [0.05, 0.1) is 12.8 Å². The van der Waals surface area contributed by atoms with Crippen LogP contribution in [0.5, 0.6) is 5.75 Å². The number of nitrogens with zero attached hydrogens (tertiary/aromatic N) is 1. The highest BCUT2D eigenvalue weighted by Gasteiger charge is 2.44. The van der Waals surface area contributed by atoms with E-state index in [1.807, 2.05) is 6.92 Å². The molecule has 0 amide bonds. The third-order valence-corrected chi connectivity index (χ3v) is 3.41. The predicted molar refractivity (Wildman–Crippen MR) is 67.9 cm³/mol. The van der Waals surface area contributed by atoms with E-state index in [1.54, 1.807) is 25.6 Å². The smallest absolute Gasteiger partial charge is 0.196 e. The largest absolute Gasteiger partial charge is 0.492 e.